The van der Waals surface area contributed by atoms with Crippen molar-refractivity contribution in [1.82, 2.24) is 0 Å². The fourth-order valence-electron chi connectivity index (χ4n) is 1.74. The van der Waals surface area contributed by atoms with Crippen molar-refractivity contribution in [2.75, 3.05) is 0 Å². The molecular formula is C14H10BrClF2. The van der Waals surface area contributed by atoms with Crippen molar-refractivity contribution in [3.05, 3.63) is 69.7 Å². The van der Waals surface area contributed by atoms with E-state index >= 15 is 0 Å². The van der Waals surface area contributed by atoms with Crippen LogP contribution < -0.4 is 0 Å². The third-order valence-electron chi connectivity index (χ3n) is 2.64. The average Bonchev–Trinajstić information content (AvgIpc) is 2.32. The Hall–Kier alpha value is -0.930. The second-order valence-electron chi connectivity index (χ2n) is 3.93. The van der Waals surface area contributed by atoms with Crippen LogP contribution in [-0.4, -0.2) is 0 Å². The molecule has 0 aliphatic heterocycles. The maximum Gasteiger partial charge on any atom is 0.130 e. The minimum atomic E-state index is -0.715. The predicted octanol–water partition coefficient (Wildman–Crippen LogP) is 5.25. The summed E-state index contributed by atoms with van der Waals surface area (Å²) in [4.78, 5) is 0. The smallest absolute Gasteiger partial charge is 0.130 e. The highest BCUT2D eigenvalue weighted by Gasteiger charge is 2.18. The lowest BCUT2D eigenvalue weighted by atomic mass is 10.0. The Morgan fingerprint density at radius 2 is 1.56 bits per heavy atom. The molecule has 1 unspecified atom stereocenters. The van der Waals surface area contributed by atoms with E-state index in [1.165, 1.54) is 18.2 Å². The molecule has 0 fully saturated rings. The molecule has 2 rings (SSSR count). The summed E-state index contributed by atoms with van der Waals surface area (Å²) in [6.45, 7) is 0. The molecule has 0 nitrogen and oxygen atoms in total. The van der Waals surface area contributed by atoms with Gasteiger partial charge in [0.15, 0.2) is 0 Å². The van der Waals surface area contributed by atoms with E-state index in [1.54, 1.807) is 0 Å². The van der Waals surface area contributed by atoms with Crippen LogP contribution in [0.25, 0.3) is 0 Å². The van der Waals surface area contributed by atoms with E-state index in [1.807, 2.05) is 24.3 Å². The van der Waals surface area contributed by atoms with Gasteiger partial charge in [-0.3, -0.25) is 0 Å². The summed E-state index contributed by atoms with van der Waals surface area (Å²) < 4.78 is 28.0. The van der Waals surface area contributed by atoms with Gasteiger partial charge >= 0.3 is 0 Å². The van der Waals surface area contributed by atoms with Gasteiger partial charge in [0.25, 0.3) is 0 Å². The first-order valence-corrected chi connectivity index (χ1v) is 6.63. The van der Waals surface area contributed by atoms with E-state index in [0.29, 0.717) is 6.42 Å². The zero-order valence-corrected chi connectivity index (χ0v) is 11.7. The first-order valence-electron chi connectivity index (χ1n) is 5.40. The van der Waals surface area contributed by atoms with E-state index in [2.05, 4.69) is 15.9 Å². The number of hydrogen-bond donors (Lipinski definition) is 0. The number of alkyl halides is 1. The normalized spacial score (nSPS) is 12.4. The highest BCUT2D eigenvalue weighted by atomic mass is 79.9. The maximum atomic E-state index is 13.5. The van der Waals surface area contributed by atoms with E-state index in [0.717, 1.165) is 10.0 Å². The molecule has 0 bridgehead atoms. The van der Waals surface area contributed by atoms with E-state index in [9.17, 15) is 8.78 Å². The van der Waals surface area contributed by atoms with Gasteiger partial charge in [-0.1, -0.05) is 34.1 Å². The second-order valence-corrected chi connectivity index (χ2v) is 5.38. The molecule has 2 aromatic rings. The standard InChI is InChI=1S/C14H10BrClF2/c15-10-6-4-9(5-7-10)8-11(16)14-12(17)2-1-3-13(14)18/h1-7,11H,8H2. The molecule has 0 aromatic heterocycles. The molecule has 4 heteroatoms. The van der Waals surface area contributed by atoms with Gasteiger partial charge in [-0.25, -0.2) is 8.78 Å². The molecular weight excluding hydrogens is 322 g/mol. The molecule has 0 amide bonds. The number of rotatable bonds is 3. The van der Waals surface area contributed by atoms with Crippen LogP contribution in [0.5, 0.6) is 0 Å². The van der Waals surface area contributed by atoms with Gasteiger partial charge < -0.3 is 0 Å². The first kappa shape index (κ1) is 13.5. The first-order chi connectivity index (χ1) is 8.58. The monoisotopic (exact) mass is 330 g/mol. The minimum Gasteiger partial charge on any atom is -0.207 e. The molecule has 0 spiro atoms. The molecule has 0 radical (unpaired) electrons. The molecule has 0 saturated heterocycles. The Bertz CT molecular complexity index is 520. The van der Waals surface area contributed by atoms with Crippen LogP contribution in [0.2, 0.25) is 0 Å². The molecule has 1 atom stereocenters. The highest BCUT2D eigenvalue weighted by molar-refractivity contribution is 9.10. The topological polar surface area (TPSA) is 0 Å². The van der Waals surface area contributed by atoms with Gasteiger partial charge in [0.05, 0.1) is 5.38 Å². The molecule has 0 N–H and O–H groups in total. The maximum absolute atomic E-state index is 13.5. The summed E-state index contributed by atoms with van der Waals surface area (Å²) in [6.07, 6.45) is 0.382. The fraction of sp³-hybridized carbons (Fsp3) is 0.143. The van der Waals surface area contributed by atoms with Crippen molar-refractivity contribution in [1.29, 1.82) is 0 Å². The minimum absolute atomic E-state index is 0.0675. The van der Waals surface area contributed by atoms with Gasteiger partial charge in [-0.2, -0.15) is 0 Å². The SMILES string of the molecule is Fc1cccc(F)c1C(Cl)Cc1ccc(Br)cc1. The van der Waals surface area contributed by atoms with Crippen molar-refractivity contribution < 1.29 is 8.78 Å². The van der Waals surface area contributed by atoms with Crippen LogP contribution in [-0.2, 0) is 6.42 Å². The Morgan fingerprint density at radius 3 is 2.11 bits per heavy atom. The zero-order chi connectivity index (χ0) is 13.1. The Labute approximate surface area is 118 Å². The van der Waals surface area contributed by atoms with Crippen LogP contribution >= 0.6 is 27.5 Å². The molecule has 0 heterocycles. The average molecular weight is 332 g/mol. The van der Waals surface area contributed by atoms with Crippen molar-refractivity contribution >= 4 is 27.5 Å². The lowest BCUT2D eigenvalue weighted by Gasteiger charge is -2.12. The summed E-state index contributed by atoms with van der Waals surface area (Å²) in [6, 6.07) is 11.3. The zero-order valence-electron chi connectivity index (χ0n) is 9.34. The van der Waals surface area contributed by atoms with E-state index in [4.69, 9.17) is 11.6 Å². The van der Waals surface area contributed by atoms with Crippen molar-refractivity contribution in [3.63, 3.8) is 0 Å². The van der Waals surface area contributed by atoms with Gasteiger partial charge in [-0.15, -0.1) is 11.6 Å². The molecule has 0 aliphatic carbocycles. The summed E-state index contributed by atoms with van der Waals surface area (Å²) in [5.74, 6) is -1.21. The van der Waals surface area contributed by atoms with E-state index < -0.39 is 17.0 Å². The molecule has 2 aromatic carbocycles. The van der Waals surface area contributed by atoms with Crippen molar-refractivity contribution in [2.24, 2.45) is 0 Å². The Balaban J connectivity index is 2.22. The number of benzene rings is 2. The fourth-order valence-corrected chi connectivity index (χ4v) is 2.39. The van der Waals surface area contributed by atoms with E-state index in [-0.39, 0.29) is 5.56 Å². The quantitative estimate of drug-likeness (QED) is 0.674. The van der Waals surface area contributed by atoms with Crippen LogP contribution in [0.15, 0.2) is 46.9 Å². The van der Waals surface area contributed by atoms with Gasteiger partial charge in [-0.05, 0) is 36.2 Å². The summed E-state index contributed by atoms with van der Waals surface area (Å²) >= 11 is 9.43. The Morgan fingerprint density at radius 1 is 1.00 bits per heavy atom. The highest BCUT2D eigenvalue weighted by Crippen LogP contribution is 2.29. The molecule has 18 heavy (non-hydrogen) atoms. The third kappa shape index (κ3) is 3.09. The van der Waals surface area contributed by atoms with Crippen LogP contribution in [0.4, 0.5) is 8.78 Å². The summed E-state index contributed by atoms with van der Waals surface area (Å²) in [5.41, 5.74) is 0.864. The predicted molar refractivity (Wildman–Crippen MR) is 72.8 cm³/mol. The van der Waals surface area contributed by atoms with Crippen molar-refractivity contribution in [3.8, 4) is 0 Å². The number of halogens is 4. The molecule has 0 saturated carbocycles. The van der Waals surface area contributed by atoms with Crippen LogP contribution in [0.3, 0.4) is 0 Å². The van der Waals surface area contributed by atoms with Crippen LogP contribution in [0.1, 0.15) is 16.5 Å². The largest absolute Gasteiger partial charge is 0.207 e. The molecule has 94 valence electrons. The third-order valence-corrected chi connectivity index (χ3v) is 3.54. The lowest BCUT2D eigenvalue weighted by Crippen LogP contribution is -2.02. The summed E-state index contributed by atoms with van der Waals surface area (Å²) in [7, 11) is 0. The van der Waals surface area contributed by atoms with Gasteiger partial charge in [0.1, 0.15) is 11.6 Å². The number of hydrogen-bond acceptors (Lipinski definition) is 0. The van der Waals surface area contributed by atoms with Crippen molar-refractivity contribution in [2.45, 2.75) is 11.8 Å². The van der Waals surface area contributed by atoms with Gasteiger partial charge in [0, 0.05) is 10.0 Å². The lowest BCUT2D eigenvalue weighted by molar-refractivity contribution is 0.551. The summed E-state index contributed by atoms with van der Waals surface area (Å²) in [5, 5.41) is -0.715. The van der Waals surface area contributed by atoms with Gasteiger partial charge in [0.2, 0.25) is 0 Å². The second kappa shape index (κ2) is 5.81. The Kier molecular flexibility index (Phi) is 4.36. The van der Waals surface area contributed by atoms with Crippen LogP contribution in [0, 0.1) is 11.6 Å². The molecule has 0 aliphatic rings.